The number of rotatable bonds is 4. The maximum absolute atomic E-state index is 10.4. The van der Waals surface area contributed by atoms with Crippen LogP contribution in [0, 0.1) is 0 Å². The molecule has 0 saturated carbocycles. The third-order valence-electron chi connectivity index (χ3n) is 1.69. The van der Waals surface area contributed by atoms with Gasteiger partial charge in [-0.3, -0.25) is 4.79 Å². The van der Waals surface area contributed by atoms with E-state index >= 15 is 0 Å². The summed E-state index contributed by atoms with van der Waals surface area (Å²) in [6.45, 7) is 0.432. The Bertz CT molecular complexity index is 342. The van der Waals surface area contributed by atoms with Gasteiger partial charge in [0, 0.05) is 12.1 Å². The van der Waals surface area contributed by atoms with E-state index in [1.807, 2.05) is 0 Å². The quantitative estimate of drug-likeness (QED) is 0.688. The van der Waals surface area contributed by atoms with Gasteiger partial charge in [0.2, 0.25) is 5.91 Å². The highest BCUT2D eigenvalue weighted by Gasteiger charge is 2.04. The Morgan fingerprint density at radius 2 is 2.29 bits per heavy atom. The van der Waals surface area contributed by atoms with Crippen molar-refractivity contribution in [3.63, 3.8) is 0 Å². The van der Waals surface area contributed by atoms with Gasteiger partial charge in [-0.2, -0.15) is 0 Å². The van der Waals surface area contributed by atoms with Crippen LogP contribution in [0.5, 0.6) is 5.75 Å². The molecule has 0 heterocycles. The van der Waals surface area contributed by atoms with Crippen LogP contribution in [0.4, 0.5) is 0 Å². The summed E-state index contributed by atoms with van der Waals surface area (Å²) in [5, 5.41) is 12.5. The number of phenolic OH excluding ortho intramolecular Hbond substituents is 1. The lowest BCUT2D eigenvalue weighted by molar-refractivity contribution is -0.117. The molecule has 4 nitrogen and oxygen atoms in total. The van der Waals surface area contributed by atoms with Crippen molar-refractivity contribution >= 4 is 17.5 Å². The molecule has 0 aliphatic rings. The molecule has 0 bridgehead atoms. The van der Waals surface area contributed by atoms with Crippen molar-refractivity contribution in [2.24, 2.45) is 5.73 Å². The van der Waals surface area contributed by atoms with Gasteiger partial charge in [-0.05, 0) is 6.07 Å². The van der Waals surface area contributed by atoms with Crippen LogP contribution in [-0.4, -0.2) is 17.6 Å². The Morgan fingerprint density at radius 3 is 2.93 bits per heavy atom. The van der Waals surface area contributed by atoms with Gasteiger partial charge in [0.15, 0.2) is 0 Å². The number of carbonyl (C=O) groups excluding carboxylic acids is 1. The molecule has 1 amide bonds. The lowest BCUT2D eigenvalue weighted by Gasteiger charge is -2.06. The van der Waals surface area contributed by atoms with Crippen LogP contribution >= 0.6 is 11.6 Å². The fourth-order valence-corrected chi connectivity index (χ4v) is 1.22. The van der Waals surface area contributed by atoms with E-state index in [0.29, 0.717) is 17.1 Å². The van der Waals surface area contributed by atoms with Gasteiger partial charge >= 0.3 is 0 Å². The van der Waals surface area contributed by atoms with E-state index in [-0.39, 0.29) is 12.3 Å². The molecule has 0 fully saturated rings. The highest BCUT2D eigenvalue weighted by atomic mass is 35.5. The van der Waals surface area contributed by atoms with Crippen molar-refractivity contribution in [2.45, 2.75) is 6.54 Å². The number of hydrogen-bond acceptors (Lipinski definition) is 3. The molecule has 0 saturated heterocycles. The summed E-state index contributed by atoms with van der Waals surface area (Å²) >= 11 is 5.69. The van der Waals surface area contributed by atoms with Gasteiger partial charge in [-0.15, -0.1) is 0 Å². The van der Waals surface area contributed by atoms with Crippen molar-refractivity contribution in [3.05, 3.63) is 28.8 Å². The van der Waals surface area contributed by atoms with Crippen LogP contribution in [0.25, 0.3) is 0 Å². The lowest BCUT2D eigenvalue weighted by atomic mass is 10.2. The van der Waals surface area contributed by atoms with E-state index in [2.05, 4.69) is 5.32 Å². The molecule has 1 rings (SSSR count). The van der Waals surface area contributed by atoms with Crippen LogP contribution in [0.15, 0.2) is 18.2 Å². The number of amides is 1. The molecule has 0 aliphatic heterocycles. The summed E-state index contributed by atoms with van der Waals surface area (Å²) in [6.07, 6.45) is 0. The molecule has 0 spiro atoms. The highest BCUT2D eigenvalue weighted by molar-refractivity contribution is 6.32. The SMILES string of the molecule is NC(=O)CNCc1cccc(Cl)c1O. The molecule has 0 radical (unpaired) electrons. The zero-order chi connectivity index (χ0) is 10.6. The summed E-state index contributed by atoms with van der Waals surface area (Å²) in [5.74, 6) is -0.405. The largest absolute Gasteiger partial charge is 0.506 e. The highest BCUT2D eigenvalue weighted by Crippen LogP contribution is 2.26. The van der Waals surface area contributed by atoms with E-state index in [9.17, 15) is 9.90 Å². The molecule has 1 aromatic rings. The Labute approximate surface area is 86.7 Å². The average molecular weight is 215 g/mol. The number of phenols is 1. The standard InChI is InChI=1S/C9H11ClN2O2/c10-7-3-1-2-6(9(7)14)4-12-5-8(11)13/h1-3,12,14H,4-5H2,(H2,11,13). The minimum absolute atomic E-state index is 0.0335. The average Bonchev–Trinajstić information content (AvgIpc) is 2.12. The molecule has 5 heteroatoms. The molecule has 76 valence electrons. The van der Waals surface area contributed by atoms with Crippen molar-refractivity contribution in [3.8, 4) is 5.75 Å². The maximum atomic E-state index is 10.4. The number of benzene rings is 1. The van der Waals surface area contributed by atoms with Crippen molar-refractivity contribution in [1.29, 1.82) is 0 Å². The van der Waals surface area contributed by atoms with Crippen molar-refractivity contribution in [1.82, 2.24) is 5.32 Å². The minimum Gasteiger partial charge on any atom is -0.506 e. The van der Waals surface area contributed by atoms with E-state index in [4.69, 9.17) is 17.3 Å². The van der Waals surface area contributed by atoms with Gasteiger partial charge in [-0.1, -0.05) is 23.7 Å². The van der Waals surface area contributed by atoms with Crippen LogP contribution < -0.4 is 11.1 Å². The minimum atomic E-state index is -0.438. The Balaban J connectivity index is 2.59. The number of nitrogens with one attached hydrogen (secondary N) is 1. The molecule has 14 heavy (non-hydrogen) atoms. The number of halogens is 1. The molecular formula is C9H11ClN2O2. The Kier molecular flexibility index (Phi) is 3.73. The second kappa shape index (κ2) is 4.83. The maximum Gasteiger partial charge on any atom is 0.231 e. The van der Waals surface area contributed by atoms with Gasteiger partial charge in [-0.25, -0.2) is 0 Å². The fraction of sp³-hybridized carbons (Fsp3) is 0.222. The topological polar surface area (TPSA) is 75.4 Å². The molecule has 0 atom stereocenters. The first kappa shape index (κ1) is 10.8. The van der Waals surface area contributed by atoms with E-state index < -0.39 is 5.91 Å². The smallest absolute Gasteiger partial charge is 0.231 e. The first-order valence-corrected chi connectivity index (χ1v) is 4.44. The summed E-state index contributed by atoms with van der Waals surface area (Å²) in [4.78, 5) is 10.4. The lowest BCUT2D eigenvalue weighted by Crippen LogP contribution is -2.28. The monoisotopic (exact) mass is 214 g/mol. The summed E-state index contributed by atoms with van der Waals surface area (Å²) < 4.78 is 0. The van der Waals surface area contributed by atoms with Crippen LogP contribution in [0.2, 0.25) is 5.02 Å². The second-order valence-electron chi connectivity index (χ2n) is 2.82. The number of nitrogens with two attached hydrogens (primary N) is 1. The van der Waals surface area contributed by atoms with Crippen molar-refractivity contribution in [2.75, 3.05) is 6.54 Å². The fourth-order valence-electron chi connectivity index (χ4n) is 1.02. The van der Waals surface area contributed by atoms with E-state index in [1.54, 1.807) is 18.2 Å². The summed E-state index contributed by atoms with van der Waals surface area (Å²) in [7, 11) is 0. The van der Waals surface area contributed by atoms with E-state index in [0.717, 1.165) is 0 Å². The van der Waals surface area contributed by atoms with Crippen molar-refractivity contribution < 1.29 is 9.90 Å². The van der Waals surface area contributed by atoms with Gasteiger partial charge in [0.25, 0.3) is 0 Å². The molecule has 1 aromatic carbocycles. The van der Waals surface area contributed by atoms with Gasteiger partial charge in [0.05, 0.1) is 11.6 Å². The normalized spacial score (nSPS) is 10.1. The van der Waals surface area contributed by atoms with Gasteiger partial charge in [0.1, 0.15) is 5.75 Å². The second-order valence-corrected chi connectivity index (χ2v) is 3.22. The number of aromatic hydroxyl groups is 1. The predicted molar refractivity (Wildman–Crippen MR) is 54.0 cm³/mol. The number of primary amides is 1. The first-order chi connectivity index (χ1) is 6.61. The Hall–Kier alpha value is -1.26. The summed E-state index contributed by atoms with van der Waals surface area (Å²) in [5.41, 5.74) is 5.57. The molecule has 0 aliphatic carbocycles. The molecule has 0 unspecified atom stereocenters. The zero-order valence-electron chi connectivity index (χ0n) is 7.46. The molecule has 0 aromatic heterocycles. The molecular weight excluding hydrogens is 204 g/mol. The van der Waals surface area contributed by atoms with Crippen LogP contribution in [0.1, 0.15) is 5.56 Å². The number of para-hydroxylation sites is 1. The third-order valence-corrected chi connectivity index (χ3v) is 1.99. The third kappa shape index (κ3) is 2.90. The zero-order valence-corrected chi connectivity index (χ0v) is 8.21. The van der Waals surface area contributed by atoms with Crippen LogP contribution in [0.3, 0.4) is 0 Å². The van der Waals surface area contributed by atoms with E-state index in [1.165, 1.54) is 0 Å². The van der Waals surface area contributed by atoms with Gasteiger partial charge < -0.3 is 16.2 Å². The summed E-state index contributed by atoms with van der Waals surface area (Å²) in [6, 6.07) is 5.03. The first-order valence-electron chi connectivity index (χ1n) is 4.06. The number of hydrogen-bond donors (Lipinski definition) is 3. The van der Waals surface area contributed by atoms with Crippen LogP contribution in [-0.2, 0) is 11.3 Å². The Morgan fingerprint density at radius 1 is 1.57 bits per heavy atom. The molecule has 4 N–H and O–H groups in total. The predicted octanol–water partition coefficient (Wildman–Crippen LogP) is 0.621. The number of carbonyl (C=O) groups is 1.